The second-order valence-electron chi connectivity index (χ2n) is 4.84. The maximum absolute atomic E-state index is 11.5. The minimum Gasteiger partial charge on any atom is -0.481 e. The predicted octanol–water partition coefficient (Wildman–Crippen LogP) is 1.86. The van der Waals surface area contributed by atoms with Gasteiger partial charge in [-0.2, -0.15) is 0 Å². The molecule has 8 heteroatoms. The third-order valence-corrected chi connectivity index (χ3v) is 4.88. The normalized spacial score (nSPS) is 14.2. The van der Waals surface area contributed by atoms with Gasteiger partial charge in [0.25, 0.3) is 0 Å². The van der Waals surface area contributed by atoms with Crippen LogP contribution >= 0.6 is 11.8 Å². The van der Waals surface area contributed by atoms with Crippen molar-refractivity contribution in [3.8, 4) is 0 Å². The first-order valence-corrected chi connectivity index (χ1v) is 9.09. The summed E-state index contributed by atoms with van der Waals surface area (Å²) in [6, 6.07) is 1.81. The molecule has 21 heavy (non-hydrogen) atoms. The van der Waals surface area contributed by atoms with E-state index in [1.165, 1.54) is 0 Å². The molecule has 2 unspecified atom stereocenters. The van der Waals surface area contributed by atoms with Crippen molar-refractivity contribution in [1.82, 2.24) is 14.5 Å². The van der Waals surface area contributed by atoms with E-state index >= 15 is 0 Å². The van der Waals surface area contributed by atoms with Gasteiger partial charge in [-0.3, -0.25) is 13.6 Å². The first kappa shape index (κ1) is 16.0. The van der Waals surface area contributed by atoms with Gasteiger partial charge in [0.1, 0.15) is 5.52 Å². The number of rotatable bonds is 6. The van der Waals surface area contributed by atoms with Crippen molar-refractivity contribution in [3.05, 3.63) is 17.8 Å². The van der Waals surface area contributed by atoms with Crippen molar-refractivity contribution in [2.45, 2.75) is 25.0 Å². The highest BCUT2D eigenvalue weighted by atomic mass is 32.2. The molecule has 1 N–H and O–H groups in total. The van der Waals surface area contributed by atoms with Crippen LogP contribution in [0.2, 0.25) is 0 Å². The Hall–Kier alpha value is -1.41. The average Bonchev–Trinajstić information content (AvgIpc) is 2.75. The first-order valence-electron chi connectivity index (χ1n) is 6.38. The highest BCUT2D eigenvalue weighted by Gasteiger charge is 2.19. The number of aromatic nitrogens is 3. The minimum absolute atomic E-state index is 0.0635. The Bertz CT molecular complexity index is 699. The van der Waals surface area contributed by atoms with Crippen LogP contribution in [-0.2, 0) is 15.6 Å². The molecular formula is C13H17N3O3S2. The molecule has 0 aliphatic carbocycles. The molecule has 0 aliphatic heterocycles. The van der Waals surface area contributed by atoms with E-state index in [9.17, 15) is 9.00 Å². The number of carboxylic acids is 1. The number of pyridine rings is 1. The second kappa shape index (κ2) is 6.57. The zero-order valence-corrected chi connectivity index (χ0v) is 13.7. The fourth-order valence-electron chi connectivity index (χ4n) is 2.13. The largest absolute Gasteiger partial charge is 0.481 e. The van der Waals surface area contributed by atoms with E-state index in [4.69, 9.17) is 5.11 Å². The van der Waals surface area contributed by atoms with Gasteiger partial charge < -0.3 is 5.11 Å². The predicted molar refractivity (Wildman–Crippen MR) is 84.3 cm³/mol. The number of aryl methyl sites for hydroxylation is 1. The number of hydrogen-bond acceptors (Lipinski definition) is 5. The average molecular weight is 327 g/mol. The van der Waals surface area contributed by atoms with E-state index < -0.39 is 16.8 Å². The van der Waals surface area contributed by atoms with E-state index in [2.05, 4.69) is 9.97 Å². The molecule has 0 saturated heterocycles. The fraction of sp³-hybridized carbons (Fsp3) is 0.462. The van der Waals surface area contributed by atoms with Gasteiger partial charge in [0.2, 0.25) is 0 Å². The summed E-state index contributed by atoms with van der Waals surface area (Å²) in [6.07, 6.45) is 3.36. The van der Waals surface area contributed by atoms with Crippen molar-refractivity contribution < 1.29 is 14.1 Å². The summed E-state index contributed by atoms with van der Waals surface area (Å²) in [5.74, 6) is -0.485. The summed E-state index contributed by atoms with van der Waals surface area (Å²) in [5.41, 5.74) is 2.46. The topological polar surface area (TPSA) is 85.1 Å². The highest BCUT2D eigenvalue weighted by molar-refractivity contribution is 7.99. The van der Waals surface area contributed by atoms with Gasteiger partial charge >= 0.3 is 5.97 Å². The van der Waals surface area contributed by atoms with Gasteiger partial charge in [0, 0.05) is 35.0 Å². The number of nitrogens with zero attached hydrogens (tertiary/aromatic N) is 3. The van der Waals surface area contributed by atoms with Crippen LogP contribution in [0, 0.1) is 6.92 Å². The number of carbonyl (C=O) groups is 1. The van der Waals surface area contributed by atoms with Gasteiger partial charge in [-0.25, -0.2) is 9.97 Å². The monoisotopic (exact) mass is 327 g/mol. The van der Waals surface area contributed by atoms with Crippen molar-refractivity contribution in [3.63, 3.8) is 0 Å². The molecule has 0 aliphatic rings. The van der Waals surface area contributed by atoms with Gasteiger partial charge in [-0.05, 0) is 25.5 Å². The highest BCUT2D eigenvalue weighted by Crippen LogP contribution is 2.28. The third-order valence-electron chi connectivity index (χ3n) is 2.99. The van der Waals surface area contributed by atoms with Gasteiger partial charge in [-0.1, -0.05) is 11.8 Å². The van der Waals surface area contributed by atoms with Crippen LogP contribution in [0.15, 0.2) is 17.4 Å². The van der Waals surface area contributed by atoms with Crippen molar-refractivity contribution >= 4 is 39.7 Å². The molecule has 0 aromatic carbocycles. The number of carboxylic acid groups (broad SMARTS) is 1. The molecule has 0 amide bonds. The summed E-state index contributed by atoms with van der Waals surface area (Å²) in [7, 11) is -0.951. The van der Waals surface area contributed by atoms with Crippen LogP contribution in [0.3, 0.4) is 0 Å². The summed E-state index contributed by atoms with van der Waals surface area (Å²) >= 11 is 1.16. The molecule has 2 aromatic rings. The maximum Gasteiger partial charge on any atom is 0.313 e. The molecule has 6 nitrogen and oxygen atoms in total. The number of fused-ring (bicyclic) bond motifs is 1. The Morgan fingerprint density at radius 2 is 2.29 bits per heavy atom. The summed E-state index contributed by atoms with van der Waals surface area (Å²) in [4.78, 5) is 19.7. The third kappa shape index (κ3) is 3.62. The molecule has 0 radical (unpaired) electrons. The lowest BCUT2D eigenvalue weighted by Gasteiger charge is -2.15. The molecule has 2 rings (SSSR count). The van der Waals surface area contributed by atoms with Crippen LogP contribution in [-0.4, -0.2) is 47.6 Å². The van der Waals surface area contributed by atoms with E-state index in [-0.39, 0.29) is 11.8 Å². The van der Waals surface area contributed by atoms with E-state index in [1.807, 2.05) is 24.5 Å². The second-order valence-corrected chi connectivity index (χ2v) is 7.26. The van der Waals surface area contributed by atoms with Crippen LogP contribution in [0.1, 0.15) is 18.5 Å². The number of aliphatic carboxylic acids is 1. The van der Waals surface area contributed by atoms with Gasteiger partial charge in [0.05, 0.1) is 5.75 Å². The lowest BCUT2D eigenvalue weighted by molar-refractivity contribution is -0.133. The lowest BCUT2D eigenvalue weighted by atomic mass is 10.3. The van der Waals surface area contributed by atoms with E-state index in [0.717, 1.165) is 22.8 Å². The number of hydrogen-bond donors (Lipinski definition) is 1. The zero-order chi connectivity index (χ0) is 15.6. The van der Waals surface area contributed by atoms with E-state index in [1.54, 1.807) is 12.5 Å². The van der Waals surface area contributed by atoms with Crippen molar-refractivity contribution in [2.24, 2.45) is 0 Å². The lowest BCUT2D eigenvalue weighted by Crippen LogP contribution is -2.15. The fourth-order valence-corrected chi connectivity index (χ4v) is 3.77. The van der Waals surface area contributed by atoms with Crippen LogP contribution in [0.4, 0.5) is 0 Å². The molecule has 0 spiro atoms. The molecule has 114 valence electrons. The first-order chi connectivity index (χ1) is 9.90. The Morgan fingerprint density at radius 3 is 2.90 bits per heavy atom. The quantitative estimate of drug-likeness (QED) is 0.815. The number of imidazole rings is 1. The van der Waals surface area contributed by atoms with Crippen LogP contribution < -0.4 is 0 Å². The summed E-state index contributed by atoms with van der Waals surface area (Å²) in [5, 5.41) is 9.46. The van der Waals surface area contributed by atoms with Gasteiger partial charge in [0.15, 0.2) is 10.8 Å². The zero-order valence-electron chi connectivity index (χ0n) is 12.1. The maximum atomic E-state index is 11.5. The SMILES string of the molecule is Cc1ccnc2c1nc(SCC(=O)O)n2C(C)CS(C)=O. The number of thioether (sulfide) groups is 1. The Kier molecular flexibility index (Phi) is 5.00. The molecule has 2 atom stereocenters. The van der Waals surface area contributed by atoms with Crippen LogP contribution in [0.5, 0.6) is 0 Å². The molecule has 2 heterocycles. The van der Waals surface area contributed by atoms with Crippen LogP contribution in [0.25, 0.3) is 11.2 Å². The summed E-state index contributed by atoms with van der Waals surface area (Å²) in [6.45, 7) is 3.88. The van der Waals surface area contributed by atoms with E-state index in [0.29, 0.717) is 16.6 Å². The standard InChI is InChI=1S/C13H17N3O3S2/c1-8-4-5-14-12-11(8)15-13(20-6-10(17)18)16(12)9(2)7-21(3)19/h4-5,9H,6-7H2,1-3H3,(H,17,18). The minimum atomic E-state index is -0.951. The smallest absolute Gasteiger partial charge is 0.313 e. The molecular weight excluding hydrogens is 310 g/mol. The Morgan fingerprint density at radius 1 is 1.57 bits per heavy atom. The Labute approximate surface area is 129 Å². The molecule has 0 fully saturated rings. The molecule has 2 aromatic heterocycles. The van der Waals surface area contributed by atoms with Gasteiger partial charge in [-0.15, -0.1) is 0 Å². The molecule has 0 bridgehead atoms. The molecule has 0 saturated carbocycles. The Balaban J connectivity index is 2.51. The summed E-state index contributed by atoms with van der Waals surface area (Å²) < 4.78 is 13.4. The van der Waals surface area contributed by atoms with Crippen molar-refractivity contribution in [1.29, 1.82) is 0 Å². The van der Waals surface area contributed by atoms with Crippen molar-refractivity contribution in [2.75, 3.05) is 17.8 Å².